The number of hydrogen-bond donors (Lipinski definition) is 0. The molecule has 0 aliphatic carbocycles. The van der Waals surface area contributed by atoms with Crippen LogP contribution in [-0.4, -0.2) is 58.9 Å². The molecular weight excluding hydrogens is 437 g/mol. The standard InChI is InChI=1S/C27H31ClFN3O/c1-21-24(25-5-2-3-6-26(25)32(21)15-4-14-28)11-12-27(33)31-19-17-30(18-20-31)16-13-22-7-9-23(29)10-8-22/h2-3,5-12H,4,13-20H2,1H3. The van der Waals surface area contributed by atoms with Crippen LogP contribution in [0.1, 0.15) is 23.2 Å². The maximum absolute atomic E-state index is 13.1. The van der Waals surface area contributed by atoms with Crippen molar-refractivity contribution < 1.29 is 9.18 Å². The Labute approximate surface area is 200 Å². The van der Waals surface area contributed by atoms with E-state index in [2.05, 4.69) is 28.5 Å². The van der Waals surface area contributed by atoms with Gasteiger partial charge in [-0.1, -0.05) is 30.3 Å². The lowest BCUT2D eigenvalue weighted by atomic mass is 10.1. The summed E-state index contributed by atoms with van der Waals surface area (Å²) in [6.45, 7) is 7.07. The molecule has 4 nitrogen and oxygen atoms in total. The first-order valence-electron chi connectivity index (χ1n) is 11.6. The van der Waals surface area contributed by atoms with Crippen LogP contribution in [0, 0.1) is 12.7 Å². The Morgan fingerprint density at radius 1 is 1.03 bits per heavy atom. The second-order valence-corrected chi connectivity index (χ2v) is 8.97. The highest BCUT2D eigenvalue weighted by atomic mass is 35.5. The molecule has 1 aliphatic heterocycles. The largest absolute Gasteiger partial charge is 0.344 e. The zero-order chi connectivity index (χ0) is 23.2. The number of benzene rings is 2. The number of rotatable bonds is 8. The average Bonchev–Trinajstić information content (AvgIpc) is 3.11. The lowest BCUT2D eigenvalue weighted by Gasteiger charge is -2.34. The number of nitrogens with zero attached hydrogens (tertiary/aromatic N) is 3. The SMILES string of the molecule is Cc1c(C=CC(=O)N2CCN(CCc3ccc(F)cc3)CC2)c2ccccc2n1CCCCl. The molecule has 2 heterocycles. The van der Waals surface area contributed by atoms with E-state index in [0.717, 1.165) is 68.9 Å². The van der Waals surface area contributed by atoms with Crippen molar-refractivity contribution in [3.8, 4) is 0 Å². The molecule has 3 aromatic rings. The van der Waals surface area contributed by atoms with Gasteiger partial charge in [0.2, 0.25) is 5.91 Å². The van der Waals surface area contributed by atoms with Gasteiger partial charge in [0.25, 0.3) is 0 Å². The third-order valence-electron chi connectivity index (χ3n) is 6.50. The van der Waals surface area contributed by atoms with Crippen molar-refractivity contribution in [1.82, 2.24) is 14.4 Å². The molecule has 2 aromatic carbocycles. The molecule has 0 atom stereocenters. The molecule has 4 rings (SSSR count). The lowest BCUT2D eigenvalue weighted by molar-refractivity contribution is -0.127. The van der Waals surface area contributed by atoms with Crippen molar-refractivity contribution in [2.45, 2.75) is 26.3 Å². The highest BCUT2D eigenvalue weighted by Crippen LogP contribution is 2.27. The summed E-state index contributed by atoms with van der Waals surface area (Å²) in [5.74, 6) is 0.491. The van der Waals surface area contributed by atoms with Crippen LogP contribution in [0.15, 0.2) is 54.6 Å². The van der Waals surface area contributed by atoms with E-state index in [1.54, 1.807) is 6.08 Å². The Morgan fingerprint density at radius 3 is 2.48 bits per heavy atom. The van der Waals surface area contributed by atoms with Crippen molar-refractivity contribution in [3.05, 3.63) is 77.2 Å². The van der Waals surface area contributed by atoms with Crippen LogP contribution >= 0.6 is 11.6 Å². The molecule has 1 amide bonds. The molecule has 0 bridgehead atoms. The second kappa shape index (κ2) is 11.0. The lowest BCUT2D eigenvalue weighted by Crippen LogP contribution is -2.48. The van der Waals surface area contributed by atoms with Crippen LogP contribution in [0.2, 0.25) is 0 Å². The van der Waals surface area contributed by atoms with Crippen molar-refractivity contribution in [3.63, 3.8) is 0 Å². The monoisotopic (exact) mass is 467 g/mol. The summed E-state index contributed by atoms with van der Waals surface area (Å²) in [6, 6.07) is 15.0. The maximum atomic E-state index is 13.1. The number of alkyl halides is 1. The number of halogens is 2. The molecule has 0 radical (unpaired) electrons. The van der Waals surface area contributed by atoms with Gasteiger partial charge in [-0.3, -0.25) is 9.69 Å². The molecule has 0 N–H and O–H groups in total. The molecule has 33 heavy (non-hydrogen) atoms. The Bertz CT molecular complexity index is 1110. The first-order chi connectivity index (χ1) is 16.1. The van der Waals surface area contributed by atoms with Crippen molar-refractivity contribution in [2.24, 2.45) is 0 Å². The van der Waals surface area contributed by atoms with Crippen molar-refractivity contribution in [2.75, 3.05) is 38.6 Å². The number of carbonyl (C=O) groups is 1. The van der Waals surface area contributed by atoms with E-state index in [0.29, 0.717) is 5.88 Å². The van der Waals surface area contributed by atoms with Crippen LogP contribution < -0.4 is 0 Å². The average molecular weight is 468 g/mol. The van der Waals surface area contributed by atoms with Gasteiger partial charge in [-0.25, -0.2) is 4.39 Å². The maximum Gasteiger partial charge on any atom is 0.246 e. The topological polar surface area (TPSA) is 28.5 Å². The summed E-state index contributed by atoms with van der Waals surface area (Å²) >= 11 is 5.92. The number of para-hydroxylation sites is 1. The third kappa shape index (κ3) is 5.66. The fourth-order valence-corrected chi connectivity index (χ4v) is 4.68. The van der Waals surface area contributed by atoms with Crippen LogP contribution in [0.5, 0.6) is 0 Å². The fraction of sp³-hybridized carbons (Fsp3) is 0.370. The Hall–Kier alpha value is -2.63. The fourth-order valence-electron chi connectivity index (χ4n) is 4.56. The third-order valence-corrected chi connectivity index (χ3v) is 6.77. The van der Waals surface area contributed by atoms with Gasteiger partial charge in [0.05, 0.1) is 0 Å². The molecule has 6 heteroatoms. The zero-order valence-electron chi connectivity index (χ0n) is 19.1. The van der Waals surface area contributed by atoms with Gasteiger partial charge in [-0.15, -0.1) is 11.6 Å². The summed E-state index contributed by atoms with van der Waals surface area (Å²) in [7, 11) is 0. The summed E-state index contributed by atoms with van der Waals surface area (Å²) in [5, 5.41) is 1.17. The number of carbonyl (C=O) groups excluding carboxylic acids is 1. The minimum absolute atomic E-state index is 0.0603. The molecule has 1 fully saturated rings. The van der Waals surface area contributed by atoms with E-state index in [9.17, 15) is 9.18 Å². The van der Waals surface area contributed by atoms with Crippen LogP contribution in [0.25, 0.3) is 17.0 Å². The van der Waals surface area contributed by atoms with Crippen LogP contribution in [-0.2, 0) is 17.8 Å². The second-order valence-electron chi connectivity index (χ2n) is 8.59. The zero-order valence-corrected chi connectivity index (χ0v) is 19.9. The predicted octanol–water partition coefficient (Wildman–Crippen LogP) is 5.12. The van der Waals surface area contributed by atoms with Gasteiger partial charge < -0.3 is 9.47 Å². The minimum atomic E-state index is -0.200. The number of hydrogen-bond acceptors (Lipinski definition) is 2. The number of amides is 1. The molecule has 1 aromatic heterocycles. The number of piperazine rings is 1. The molecular formula is C27H31ClFN3O. The van der Waals surface area contributed by atoms with E-state index >= 15 is 0 Å². The van der Waals surface area contributed by atoms with Gasteiger partial charge in [-0.05, 0) is 49.6 Å². The smallest absolute Gasteiger partial charge is 0.246 e. The van der Waals surface area contributed by atoms with Gasteiger partial charge in [0.15, 0.2) is 0 Å². The Balaban J connectivity index is 1.35. The number of aromatic nitrogens is 1. The molecule has 0 saturated carbocycles. The van der Waals surface area contributed by atoms with E-state index in [1.807, 2.05) is 35.2 Å². The molecule has 0 unspecified atom stereocenters. The Morgan fingerprint density at radius 2 is 1.76 bits per heavy atom. The van der Waals surface area contributed by atoms with Crippen molar-refractivity contribution in [1.29, 1.82) is 0 Å². The predicted molar refractivity (Wildman–Crippen MR) is 134 cm³/mol. The van der Waals surface area contributed by atoms with Gasteiger partial charge in [-0.2, -0.15) is 0 Å². The number of fused-ring (bicyclic) bond motifs is 1. The highest BCUT2D eigenvalue weighted by Gasteiger charge is 2.20. The van der Waals surface area contributed by atoms with Crippen LogP contribution in [0.4, 0.5) is 4.39 Å². The number of aryl methyl sites for hydroxylation is 1. The molecule has 1 saturated heterocycles. The summed E-state index contributed by atoms with van der Waals surface area (Å²) in [4.78, 5) is 17.2. The van der Waals surface area contributed by atoms with E-state index < -0.39 is 0 Å². The first kappa shape index (κ1) is 23.5. The summed E-state index contributed by atoms with van der Waals surface area (Å²) in [6.07, 6.45) is 5.49. The Kier molecular flexibility index (Phi) is 7.84. The van der Waals surface area contributed by atoms with Gasteiger partial charge in [0, 0.05) is 73.4 Å². The van der Waals surface area contributed by atoms with Gasteiger partial charge >= 0.3 is 0 Å². The summed E-state index contributed by atoms with van der Waals surface area (Å²) < 4.78 is 15.4. The van der Waals surface area contributed by atoms with E-state index in [4.69, 9.17) is 11.6 Å². The molecule has 174 valence electrons. The van der Waals surface area contributed by atoms with Gasteiger partial charge in [0.1, 0.15) is 5.82 Å². The highest BCUT2D eigenvalue weighted by molar-refractivity contribution is 6.17. The van der Waals surface area contributed by atoms with Crippen LogP contribution in [0.3, 0.4) is 0 Å². The van der Waals surface area contributed by atoms with Crippen molar-refractivity contribution >= 4 is 34.5 Å². The summed E-state index contributed by atoms with van der Waals surface area (Å²) in [5.41, 5.74) is 4.59. The molecule has 0 spiro atoms. The first-order valence-corrected chi connectivity index (χ1v) is 12.2. The molecule has 1 aliphatic rings. The normalized spacial score (nSPS) is 15.1. The minimum Gasteiger partial charge on any atom is -0.344 e. The quantitative estimate of drug-likeness (QED) is 0.340. The van der Waals surface area contributed by atoms with E-state index in [1.165, 1.54) is 23.0 Å². The van der Waals surface area contributed by atoms with E-state index in [-0.39, 0.29) is 11.7 Å².